The molecule has 0 spiro atoms. The summed E-state index contributed by atoms with van der Waals surface area (Å²) in [6, 6.07) is 0. The lowest BCUT2D eigenvalue weighted by Crippen LogP contribution is -2.21. The Labute approximate surface area is 92.6 Å². The van der Waals surface area contributed by atoms with Crippen molar-refractivity contribution in [3.8, 4) is 0 Å². The van der Waals surface area contributed by atoms with E-state index in [1.165, 1.54) is 12.8 Å². The Kier molecular flexibility index (Phi) is 9.94. The van der Waals surface area contributed by atoms with E-state index in [1.807, 2.05) is 6.92 Å². The topological polar surface area (TPSA) is 54.4 Å². The number of hydrogen-bond donors (Lipinski definition) is 1. The predicted molar refractivity (Wildman–Crippen MR) is 53.1 cm³/mol. The number of carbonyl (C=O) groups excluding carboxylic acids is 1. The fraction of sp³-hybridized carbons (Fsp3) is 0.800. The average Bonchev–Trinajstić information content (AvgIpc) is 2.17. The molecule has 0 saturated carbocycles. The lowest BCUT2D eigenvalue weighted by Gasteiger charge is -1.93. The highest BCUT2D eigenvalue weighted by molar-refractivity contribution is 5.77. The van der Waals surface area contributed by atoms with E-state index < -0.39 is 12.1 Å². The van der Waals surface area contributed by atoms with E-state index in [0.717, 1.165) is 12.8 Å². The van der Waals surface area contributed by atoms with Gasteiger partial charge in [-0.2, -0.15) is 13.2 Å². The summed E-state index contributed by atoms with van der Waals surface area (Å²) in [5.41, 5.74) is 0. The van der Waals surface area contributed by atoms with Gasteiger partial charge in [-0.25, -0.2) is 4.79 Å². The van der Waals surface area contributed by atoms with Crippen molar-refractivity contribution in [3.05, 3.63) is 0 Å². The first-order valence-electron chi connectivity index (χ1n) is 5.07. The van der Waals surface area contributed by atoms with Crippen LogP contribution >= 0.6 is 0 Å². The van der Waals surface area contributed by atoms with Gasteiger partial charge in [0.05, 0.1) is 0 Å². The molecule has 0 aromatic rings. The summed E-state index contributed by atoms with van der Waals surface area (Å²) in [6.45, 7) is 4.07. The second-order valence-electron chi connectivity index (χ2n) is 3.15. The molecular weight excluding hydrogens is 225 g/mol. The molecule has 0 radical (unpaired) electrons. The first-order valence-corrected chi connectivity index (χ1v) is 5.07. The van der Waals surface area contributed by atoms with Crippen LogP contribution in [0.25, 0.3) is 0 Å². The first-order chi connectivity index (χ1) is 7.25. The van der Waals surface area contributed by atoms with Crippen molar-refractivity contribution in [2.45, 2.75) is 52.1 Å². The molecular formula is C10H17F3O3. The lowest BCUT2D eigenvalue weighted by molar-refractivity contribution is -0.192. The summed E-state index contributed by atoms with van der Waals surface area (Å²) in [7, 11) is 0. The molecule has 0 saturated heterocycles. The molecule has 6 heteroatoms. The summed E-state index contributed by atoms with van der Waals surface area (Å²) in [5.74, 6) is -2.35. The summed E-state index contributed by atoms with van der Waals surface area (Å²) in [4.78, 5) is 19.6. The van der Waals surface area contributed by atoms with Crippen LogP contribution in [0, 0.1) is 0 Å². The SMILES string of the molecule is CCCCCC(=O)CC.O=C(O)C(F)(F)F. The Morgan fingerprint density at radius 1 is 1.12 bits per heavy atom. The minimum atomic E-state index is -5.08. The molecule has 0 aromatic carbocycles. The largest absolute Gasteiger partial charge is 0.490 e. The zero-order valence-corrected chi connectivity index (χ0v) is 9.43. The number of carboxylic acids is 1. The number of Topliss-reactive ketones (excluding diaryl/α,β-unsaturated/α-hetero) is 1. The Bertz CT molecular complexity index is 212. The number of alkyl halides is 3. The Balaban J connectivity index is 0. The molecule has 0 amide bonds. The van der Waals surface area contributed by atoms with Gasteiger partial charge < -0.3 is 5.11 Å². The molecule has 3 nitrogen and oxygen atoms in total. The summed E-state index contributed by atoms with van der Waals surface area (Å²) < 4.78 is 31.7. The highest BCUT2D eigenvalue weighted by atomic mass is 19.4. The predicted octanol–water partition coefficient (Wildman–Crippen LogP) is 3.18. The molecule has 0 unspecified atom stereocenters. The van der Waals surface area contributed by atoms with E-state index in [1.54, 1.807) is 0 Å². The molecule has 0 aliphatic heterocycles. The van der Waals surface area contributed by atoms with E-state index in [4.69, 9.17) is 9.90 Å². The molecule has 0 bridgehead atoms. The number of halogens is 3. The van der Waals surface area contributed by atoms with Gasteiger partial charge >= 0.3 is 12.1 Å². The minimum absolute atomic E-state index is 0.406. The van der Waals surface area contributed by atoms with Crippen LogP contribution in [0.3, 0.4) is 0 Å². The van der Waals surface area contributed by atoms with Gasteiger partial charge in [0.15, 0.2) is 0 Å². The third-order valence-electron chi connectivity index (χ3n) is 1.70. The van der Waals surface area contributed by atoms with Crippen LogP contribution < -0.4 is 0 Å². The lowest BCUT2D eigenvalue weighted by atomic mass is 10.1. The molecule has 0 aliphatic carbocycles. The van der Waals surface area contributed by atoms with Gasteiger partial charge in [-0.05, 0) is 6.42 Å². The Morgan fingerprint density at radius 3 is 1.81 bits per heavy atom. The van der Waals surface area contributed by atoms with Crippen molar-refractivity contribution in [2.75, 3.05) is 0 Å². The second kappa shape index (κ2) is 9.18. The van der Waals surface area contributed by atoms with Crippen LogP contribution in [0.2, 0.25) is 0 Å². The van der Waals surface area contributed by atoms with Gasteiger partial charge in [0.2, 0.25) is 0 Å². The number of ketones is 1. The molecule has 0 aromatic heterocycles. The summed E-state index contributed by atoms with van der Waals surface area (Å²) >= 11 is 0. The van der Waals surface area contributed by atoms with Crippen molar-refractivity contribution in [1.29, 1.82) is 0 Å². The maximum atomic E-state index is 10.7. The highest BCUT2D eigenvalue weighted by Gasteiger charge is 2.38. The van der Waals surface area contributed by atoms with Crippen molar-refractivity contribution < 1.29 is 27.9 Å². The van der Waals surface area contributed by atoms with Crippen LogP contribution in [0.4, 0.5) is 13.2 Å². The second-order valence-corrected chi connectivity index (χ2v) is 3.15. The van der Waals surface area contributed by atoms with E-state index in [0.29, 0.717) is 12.2 Å². The quantitative estimate of drug-likeness (QED) is 0.753. The molecule has 16 heavy (non-hydrogen) atoms. The van der Waals surface area contributed by atoms with Crippen molar-refractivity contribution in [2.24, 2.45) is 0 Å². The first kappa shape index (κ1) is 17.3. The molecule has 0 atom stereocenters. The van der Waals surface area contributed by atoms with Crippen LogP contribution in [0.15, 0.2) is 0 Å². The monoisotopic (exact) mass is 242 g/mol. The third-order valence-corrected chi connectivity index (χ3v) is 1.70. The smallest absolute Gasteiger partial charge is 0.475 e. The molecule has 0 aliphatic rings. The van der Waals surface area contributed by atoms with Crippen molar-refractivity contribution in [1.82, 2.24) is 0 Å². The van der Waals surface area contributed by atoms with Gasteiger partial charge in [-0.3, -0.25) is 4.79 Å². The van der Waals surface area contributed by atoms with Crippen LogP contribution in [-0.4, -0.2) is 23.0 Å². The number of rotatable bonds is 5. The number of aliphatic carboxylic acids is 1. The van der Waals surface area contributed by atoms with Crippen LogP contribution in [0.1, 0.15) is 46.0 Å². The van der Waals surface area contributed by atoms with Gasteiger partial charge in [0, 0.05) is 12.8 Å². The number of hydrogen-bond acceptors (Lipinski definition) is 2. The van der Waals surface area contributed by atoms with Gasteiger partial charge in [0.25, 0.3) is 0 Å². The van der Waals surface area contributed by atoms with E-state index in [9.17, 15) is 18.0 Å². The maximum absolute atomic E-state index is 10.7. The van der Waals surface area contributed by atoms with Gasteiger partial charge in [-0.15, -0.1) is 0 Å². The number of carboxylic acid groups (broad SMARTS) is 1. The normalized spacial score (nSPS) is 10.3. The molecule has 0 rings (SSSR count). The maximum Gasteiger partial charge on any atom is 0.490 e. The molecule has 96 valence electrons. The zero-order valence-electron chi connectivity index (χ0n) is 9.43. The fourth-order valence-corrected chi connectivity index (χ4v) is 0.749. The van der Waals surface area contributed by atoms with E-state index in [-0.39, 0.29) is 0 Å². The standard InChI is InChI=1S/C8H16O.C2HF3O2/c1-3-5-6-7-8(9)4-2;3-2(4,5)1(6)7/h3-7H2,1-2H3;(H,6,7). The summed E-state index contributed by atoms with van der Waals surface area (Å²) in [5, 5.41) is 7.12. The van der Waals surface area contributed by atoms with Crippen LogP contribution in [-0.2, 0) is 9.59 Å². The average molecular weight is 242 g/mol. The number of unbranched alkanes of at least 4 members (excludes halogenated alkanes) is 2. The van der Waals surface area contributed by atoms with Crippen LogP contribution in [0.5, 0.6) is 0 Å². The highest BCUT2D eigenvalue weighted by Crippen LogP contribution is 2.13. The molecule has 0 heterocycles. The Morgan fingerprint density at radius 2 is 1.56 bits per heavy atom. The zero-order chi connectivity index (χ0) is 13.2. The molecule has 1 N–H and O–H groups in total. The third kappa shape index (κ3) is 12.9. The van der Waals surface area contributed by atoms with Gasteiger partial charge in [0.1, 0.15) is 5.78 Å². The molecule has 0 fully saturated rings. The minimum Gasteiger partial charge on any atom is -0.475 e. The van der Waals surface area contributed by atoms with Crippen molar-refractivity contribution >= 4 is 11.8 Å². The van der Waals surface area contributed by atoms with E-state index >= 15 is 0 Å². The number of carbonyl (C=O) groups is 2. The Hall–Kier alpha value is -1.07. The van der Waals surface area contributed by atoms with Crippen molar-refractivity contribution in [3.63, 3.8) is 0 Å². The van der Waals surface area contributed by atoms with Gasteiger partial charge in [-0.1, -0.05) is 26.7 Å². The fourth-order valence-electron chi connectivity index (χ4n) is 0.749. The van der Waals surface area contributed by atoms with E-state index in [2.05, 4.69) is 6.92 Å². The summed E-state index contributed by atoms with van der Waals surface area (Å²) in [6.07, 6.45) is -0.0834.